The van der Waals surface area contributed by atoms with E-state index in [1.807, 2.05) is 39.0 Å². The largest absolute Gasteiger partial charge is 0.485 e. The molecule has 2 aromatic heterocycles. The zero-order valence-corrected chi connectivity index (χ0v) is 22.4. The average molecular weight is 532 g/mol. The summed E-state index contributed by atoms with van der Waals surface area (Å²) in [5, 5.41) is 11.8. The molecule has 0 radical (unpaired) electrons. The van der Waals surface area contributed by atoms with Crippen LogP contribution in [-0.4, -0.2) is 30.7 Å². The molecular formula is C29H25NO5S2. The molecule has 0 amide bonds. The van der Waals surface area contributed by atoms with Crippen molar-refractivity contribution in [3.8, 4) is 16.3 Å². The summed E-state index contributed by atoms with van der Waals surface area (Å²) in [4.78, 5) is 18.6. The third-order valence-corrected chi connectivity index (χ3v) is 8.94. The zero-order chi connectivity index (χ0) is 26.5. The van der Waals surface area contributed by atoms with Crippen molar-refractivity contribution in [2.24, 2.45) is 0 Å². The van der Waals surface area contributed by atoms with E-state index in [2.05, 4.69) is 12.1 Å². The number of fused-ring (bicyclic) bond motifs is 2. The highest BCUT2D eigenvalue weighted by Gasteiger charge is 2.22. The number of pyridine rings is 1. The molecule has 8 heteroatoms. The molecule has 0 spiro atoms. The van der Waals surface area contributed by atoms with Crippen molar-refractivity contribution in [3.63, 3.8) is 0 Å². The molecule has 1 N–H and O–H groups in total. The minimum Gasteiger partial charge on any atom is -0.485 e. The number of hydrogen-bond donors (Lipinski definition) is 1. The second-order valence-corrected chi connectivity index (χ2v) is 12.2. The minimum absolute atomic E-state index is 0.121. The Bertz CT molecular complexity index is 1790. The maximum atomic E-state index is 12.5. The summed E-state index contributed by atoms with van der Waals surface area (Å²) in [5.74, 6) is -0.655. The number of aryl methyl sites for hydroxylation is 2. The molecular weight excluding hydrogens is 506 g/mol. The molecule has 2 heterocycles. The molecule has 0 saturated heterocycles. The fourth-order valence-corrected chi connectivity index (χ4v) is 6.29. The van der Waals surface area contributed by atoms with Gasteiger partial charge in [-0.25, -0.2) is 18.2 Å². The molecule has 0 fully saturated rings. The Morgan fingerprint density at radius 1 is 1.03 bits per heavy atom. The molecule has 0 saturated carbocycles. The van der Waals surface area contributed by atoms with Gasteiger partial charge >= 0.3 is 5.97 Å². The third kappa shape index (κ3) is 4.58. The Morgan fingerprint density at radius 3 is 2.38 bits per heavy atom. The highest BCUT2D eigenvalue weighted by Crippen LogP contribution is 2.41. The quantitative estimate of drug-likeness (QED) is 0.254. The number of aromatic carboxylic acids is 1. The van der Waals surface area contributed by atoms with Gasteiger partial charge in [-0.15, -0.1) is 11.3 Å². The van der Waals surface area contributed by atoms with Crippen molar-refractivity contribution in [2.45, 2.75) is 31.8 Å². The van der Waals surface area contributed by atoms with Gasteiger partial charge in [0, 0.05) is 11.0 Å². The molecule has 0 aliphatic carbocycles. The van der Waals surface area contributed by atoms with Gasteiger partial charge in [0.2, 0.25) is 0 Å². The van der Waals surface area contributed by atoms with Crippen LogP contribution < -0.4 is 4.74 Å². The number of carbonyl (C=O) groups is 1. The SMILES string of the molecule is Cc1c(-c2cc(C(=O)O)c3c(O[C@H](C)c4ccc(S(C)(=O)=O)cc4)ccc(C)c3n2)sc2ccccc12. The Morgan fingerprint density at radius 2 is 1.73 bits per heavy atom. The van der Waals surface area contributed by atoms with Gasteiger partial charge in [-0.1, -0.05) is 36.4 Å². The van der Waals surface area contributed by atoms with Crippen LogP contribution in [-0.2, 0) is 9.84 Å². The van der Waals surface area contributed by atoms with Gasteiger partial charge in [0.05, 0.1) is 31.9 Å². The Balaban J connectivity index is 1.62. The summed E-state index contributed by atoms with van der Waals surface area (Å²) in [7, 11) is -3.31. The fourth-order valence-electron chi connectivity index (χ4n) is 4.49. The van der Waals surface area contributed by atoms with Gasteiger partial charge in [-0.2, -0.15) is 0 Å². The van der Waals surface area contributed by atoms with Gasteiger partial charge in [0.15, 0.2) is 9.84 Å². The average Bonchev–Trinajstić information content (AvgIpc) is 3.21. The first-order chi connectivity index (χ1) is 17.5. The van der Waals surface area contributed by atoms with Crippen molar-refractivity contribution in [3.05, 3.63) is 89.0 Å². The Kier molecular flexibility index (Phi) is 6.25. The van der Waals surface area contributed by atoms with Crippen LogP contribution in [0.3, 0.4) is 0 Å². The number of rotatable bonds is 6. The first kappa shape index (κ1) is 24.9. The van der Waals surface area contributed by atoms with Crippen molar-refractivity contribution in [1.82, 2.24) is 4.98 Å². The summed E-state index contributed by atoms with van der Waals surface area (Å²) in [6.07, 6.45) is 0.709. The Hall–Kier alpha value is -3.75. The lowest BCUT2D eigenvalue weighted by molar-refractivity contribution is 0.0698. The van der Waals surface area contributed by atoms with E-state index < -0.39 is 21.9 Å². The first-order valence-corrected chi connectivity index (χ1v) is 14.4. The van der Waals surface area contributed by atoms with Gasteiger partial charge in [0.25, 0.3) is 0 Å². The highest BCUT2D eigenvalue weighted by atomic mass is 32.2. The number of ether oxygens (including phenoxy) is 1. The maximum Gasteiger partial charge on any atom is 0.336 e. The smallest absolute Gasteiger partial charge is 0.336 e. The summed E-state index contributed by atoms with van der Waals surface area (Å²) in [6, 6.07) is 19.8. The van der Waals surface area contributed by atoms with Crippen LogP contribution in [0, 0.1) is 13.8 Å². The van der Waals surface area contributed by atoms with Crippen molar-refractivity contribution in [1.29, 1.82) is 0 Å². The van der Waals surface area contributed by atoms with Crippen LogP contribution in [0.4, 0.5) is 0 Å². The van der Waals surface area contributed by atoms with Gasteiger partial charge in [-0.05, 0) is 73.2 Å². The van der Waals surface area contributed by atoms with E-state index in [9.17, 15) is 18.3 Å². The topological polar surface area (TPSA) is 93.6 Å². The fraction of sp³-hybridized carbons (Fsp3) is 0.172. The monoisotopic (exact) mass is 531 g/mol. The summed E-state index contributed by atoms with van der Waals surface area (Å²) < 4.78 is 31.0. The zero-order valence-electron chi connectivity index (χ0n) is 20.8. The molecule has 6 nitrogen and oxygen atoms in total. The molecule has 3 aromatic carbocycles. The molecule has 0 unspecified atom stereocenters. The highest BCUT2D eigenvalue weighted by molar-refractivity contribution is 7.90. The molecule has 5 rings (SSSR count). The van der Waals surface area contributed by atoms with Gasteiger partial charge in [0.1, 0.15) is 11.9 Å². The summed E-state index contributed by atoms with van der Waals surface area (Å²) in [5.41, 5.74) is 3.99. The number of thiophene rings is 1. The number of carboxylic acid groups (broad SMARTS) is 1. The van der Waals surface area contributed by atoms with E-state index in [0.29, 0.717) is 22.3 Å². The molecule has 1 atom stereocenters. The van der Waals surface area contributed by atoms with Crippen molar-refractivity contribution >= 4 is 48.1 Å². The number of aromatic nitrogens is 1. The molecule has 0 aliphatic rings. The van der Waals surface area contributed by atoms with E-state index in [-0.39, 0.29) is 10.5 Å². The molecule has 5 aromatic rings. The normalized spacial score (nSPS) is 12.6. The van der Waals surface area contributed by atoms with Crippen molar-refractivity contribution < 1.29 is 23.1 Å². The van der Waals surface area contributed by atoms with E-state index in [1.54, 1.807) is 47.7 Å². The number of carboxylic acids is 1. The predicted molar refractivity (Wildman–Crippen MR) is 148 cm³/mol. The predicted octanol–water partition coefficient (Wildman–Crippen LogP) is 6.98. The third-order valence-electron chi connectivity index (χ3n) is 6.51. The lowest BCUT2D eigenvalue weighted by atomic mass is 10.0. The van der Waals surface area contributed by atoms with E-state index in [0.717, 1.165) is 37.9 Å². The summed E-state index contributed by atoms with van der Waals surface area (Å²) in [6.45, 7) is 5.77. The number of nitrogens with zero attached hydrogens (tertiary/aromatic N) is 1. The van der Waals surface area contributed by atoms with Gasteiger partial charge in [-0.3, -0.25) is 0 Å². The minimum atomic E-state index is -3.31. The van der Waals surface area contributed by atoms with Crippen LogP contribution in [0.1, 0.15) is 40.1 Å². The van der Waals surface area contributed by atoms with E-state index in [1.165, 1.54) is 0 Å². The first-order valence-electron chi connectivity index (χ1n) is 11.7. The van der Waals surface area contributed by atoms with E-state index in [4.69, 9.17) is 9.72 Å². The Labute approximate surface area is 219 Å². The van der Waals surface area contributed by atoms with E-state index >= 15 is 0 Å². The van der Waals surface area contributed by atoms with Crippen LogP contribution in [0.25, 0.3) is 31.6 Å². The second kappa shape index (κ2) is 9.28. The molecule has 0 bridgehead atoms. The maximum absolute atomic E-state index is 12.5. The van der Waals surface area contributed by atoms with Gasteiger partial charge < -0.3 is 9.84 Å². The molecule has 188 valence electrons. The molecule has 0 aliphatic heterocycles. The van der Waals surface area contributed by atoms with Crippen LogP contribution in [0.2, 0.25) is 0 Å². The second-order valence-electron chi connectivity index (χ2n) is 9.12. The summed E-state index contributed by atoms with van der Waals surface area (Å²) >= 11 is 1.60. The van der Waals surface area contributed by atoms with Crippen LogP contribution >= 0.6 is 11.3 Å². The lowest BCUT2D eigenvalue weighted by Crippen LogP contribution is -2.07. The number of hydrogen-bond acceptors (Lipinski definition) is 6. The lowest BCUT2D eigenvalue weighted by Gasteiger charge is -2.19. The standard InChI is InChI=1S/C29H25NO5S2/c1-16-9-14-24(35-18(3)19-10-12-20(13-11-19)37(4,33)34)26-22(29(31)32)15-23(30-27(16)26)28-17(2)21-7-5-6-8-25(21)36-28/h5-15,18H,1-4H3,(H,31,32)/t18-/m1/s1. The van der Waals surface area contributed by atoms with Crippen molar-refractivity contribution in [2.75, 3.05) is 6.26 Å². The number of benzene rings is 3. The number of sulfone groups is 1. The molecule has 37 heavy (non-hydrogen) atoms. The van der Waals surface area contributed by atoms with Crippen LogP contribution in [0.15, 0.2) is 71.6 Å². The van der Waals surface area contributed by atoms with Crippen LogP contribution in [0.5, 0.6) is 5.75 Å².